The van der Waals surface area contributed by atoms with E-state index < -0.39 is 30.0 Å². The highest BCUT2D eigenvalue weighted by atomic mass is 16.5. The molecule has 4 amide bonds. The molecule has 8 heteroatoms. The molecule has 6 fully saturated rings. The Balaban J connectivity index is 1.15. The Bertz CT molecular complexity index is 745. The van der Waals surface area contributed by atoms with E-state index in [0.29, 0.717) is 30.6 Å². The van der Waals surface area contributed by atoms with Crippen molar-refractivity contribution in [2.24, 2.45) is 35.5 Å². The molecule has 8 nitrogen and oxygen atoms in total. The van der Waals surface area contributed by atoms with Crippen LogP contribution < -0.4 is 10.7 Å². The van der Waals surface area contributed by atoms with Gasteiger partial charge in [-0.15, -0.1) is 0 Å². The second kappa shape index (κ2) is 7.24. The zero-order chi connectivity index (χ0) is 21.0. The third-order valence-corrected chi connectivity index (χ3v) is 8.37. The summed E-state index contributed by atoms with van der Waals surface area (Å²) in [5.41, 5.74) is 1.43. The third kappa shape index (κ3) is 3.28. The Morgan fingerprint density at radius 2 is 1.67 bits per heavy atom. The Kier molecular flexibility index (Phi) is 4.78. The molecule has 0 aromatic heterocycles. The van der Waals surface area contributed by atoms with Crippen LogP contribution in [0.5, 0.6) is 0 Å². The molecule has 5 saturated carbocycles. The van der Waals surface area contributed by atoms with E-state index in [1.807, 2.05) is 0 Å². The Morgan fingerprint density at radius 1 is 1.07 bits per heavy atom. The number of nitrogens with zero attached hydrogens (tertiary/aromatic N) is 1. The van der Waals surface area contributed by atoms with Crippen LogP contribution in [0.3, 0.4) is 0 Å². The standard InChI is InChI=1S/C22H31N3O5/c1-12-2-4-22(5-3-12)20(28)25(21(29)23-22)24-17(26)11-30-19(27)18-15-7-13-6-14(9-15)10-16(18)8-13/h12-16,18H,2-11H2,1H3,(H,23,29)(H,24,26). The number of hydrogen-bond donors (Lipinski definition) is 2. The summed E-state index contributed by atoms with van der Waals surface area (Å²) in [6.45, 7) is 1.66. The molecule has 0 radical (unpaired) electrons. The predicted octanol–water partition coefficient (Wildman–Crippen LogP) is 2.13. The quantitative estimate of drug-likeness (QED) is 0.539. The van der Waals surface area contributed by atoms with Crippen LogP contribution in [0.4, 0.5) is 4.79 Å². The second-order valence-corrected chi connectivity index (χ2v) is 10.4. The van der Waals surface area contributed by atoms with Gasteiger partial charge in [-0.25, -0.2) is 4.79 Å². The normalized spacial score (nSPS) is 41.8. The Morgan fingerprint density at radius 3 is 2.27 bits per heavy atom. The fourth-order valence-electron chi connectivity index (χ4n) is 7.02. The van der Waals surface area contributed by atoms with Crippen molar-refractivity contribution in [1.82, 2.24) is 15.8 Å². The molecule has 30 heavy (non-hydrogen) atoms. The van der Waals surface area contributed by atoms with E-state index in [1.54, 1.807) is 0 Å². The van der Waals surface area contributed by atoms with Crippen LogP contribution in [0, 0.1) is 35.5 Å². The summed E-state index contributed by atoms with van der Waals surface area (Å²) in [6, 6.07) is -0.615. The van der Waals surface area contributed by atoms with Crippen molar-refractivity contribution in [2.45, 2.75) is 70.3 Å². The molecular weight excluding hydrogens is 386 g/mol. The van der Waals surface area contributed by atoms with Gasteiger partial charge in [-0.05, 0) is 87.4 Å². The van der Waals surface area contributed by atoms with Crippen molar-refractivity contribution in [1.29, 1.82) is 0 Å². The van der Waals surface area contributed by atoms with Gasteiger partial charge in [0.15, 0.2) is 6.61 Å². The number of amides is 4. The molecule has 1 aliphatic heterocycles. The molecule has 0 aromatic rings. The van der Waals surface area contributed by atoms with E-state index in [9.17, 15) is 19.2 Å². The highest BCUT2D eigenvalue weighted by molar-refractivity contribution is 6.08. The minimum atomic E-state index is -0.909. The predicted molar refractivity (Wildman–Crippen MR) is 105 cm³/mol. The van der Waals surface area contributed by atoms with Crippen LogP contribution >= 0.6 is 0 Å². The molecule has 164 valence electrons. The van der Waals surface area contributed by atoms with Crippen LogP contribution in [0.1, 0.15) is 64.7 Å². The number of carbonyl (C=O) groups excluding carboxylic acids is 4. The average molecular weight is 418 g/mol. The van der Waals surface area contributed by atoms with Crippen LogP contribution in [-0.2, 0) is 19.1 Å². The summed E-state index contributed by atoms with van der Waals surface area (Å²) >= 11 is 0. The minimum absolute atomic E-state index is 0.102. The van der Waals surface area contributed by atoms with Gasteiger partial charge in [0.2, 0.25) is 0 Å². The number of urea groups is 1. The number of hydrogen-bond acceptors (Lipinski definition) is 5. The zero-order valence-corrected chi connectivity index (χ0v) is 17.5. The summed E-state index contributed by atoms with van der Waals surface area (Å²) in [6.07, 6.45) is 8.57. The molecule has 0 atom stereocenters. The van der Waals surface area contributed by atoms with Crippen LogP contribution in [0.2, 0.25) is 0 Å². The monoisotopic (exact) mass is 417 g/mol. The molecule has 0 aromatic carbocycles. The van der Waals surface area contributed by atoms with E-state index in [1.165, 1.54) is 6.42 Å². The molecule has 6 rings (SSSR count). The van der Waals surface area contributed by atoms with E-state index >= 15 is 0 Å². The molecule has 4 bridgehead atoms. The maximum absolute atomic E-state index is 12.8. The fraction of sp³-hybridized carbons (Fsp3) is 0.818. The summed E-state index contributed by atoms with van der Waals surface area (Å²) in [4.78, 5) is 50.2. The maximum atomic E-state index is 12.8. The van der Waals surface area contributed by atoms with Gasteiger partial charge in [0.05, 0.1) is 5.92 Å². The van der Waals surface area contributed by atoms with Crippen molar-refractivity contribution in [2.75, 3.05) is 6.61 Å². The first-order chi connectivity index (χ1) is 14.3. The van der Waals surface area contributed by atoms with Gasteiger partial charge < -0.3 is 10.1 Å². The first kappa shape index (κ1) is 19.8. The molecule has 2 N–H and O–H groups in total. The number of ether oxygens (including phenoxy) is 1. The van der Waals surface area contributed by atoms with Gasteiger partial charge in [-0.3, -0.25) is 19.8 Å². The fourth-order valence-corrected chi connectivity index (χ4v) is 7.02. The third-order valence-electron chi connectivity index (χ3n) is 8.37. The van der Waals surface area contributed by atoms with Crippen LogP contribution in [-0.4, -0.2) is 41.0 Å². The van der Waals surface area contributed by atoms with Gasteiger partial charge in [0, 0.05) is 0 Å². The maximum Gasteiger partial charge on any atom is 0.344 e. The number of imide groups is 1. The Labute approximate surface area is 176 Å². The van der Waals surface area contributed by atoms with Crippen molar-refractivity contribution in [3.05, 3.63) is 0 Å². The zero-order valence-electron chi connectivity index (χ0n) is 17.5. The molecule has 1 saturated heterocycles. The number of carbonyl (C=O) groups is 4. The number of hydrazine groups is 1. The van der Waals surface area contributed by atoms with Crippen molar-refractivity contribution in [3.8, 4) is 0 Å². The lowest BCUT2D eigenvalue weighted by atomic mass is 9.52. The van der Waals surface area contributed by atoms with Gasteiger partial charge in [-0.1, -0.05) is 6.92 Å². The summed E-state index contributed by atoms with van der Waals surface area (Å²) in [5.74, 6) is 1.34. The van der Waals surface area contributed by atoms with Gasteiger partial charge in [-0.2, -0.15) is 5.01 Å². The van der Waals surface area contributed by atoms with Crippen LogP contribution in [0.15, 0.2) is 0 Å². The van der Waals surface area contributed by atoms with Crippen LogP contribution in [0.25, 0.3) is 0 Å². The number of esters is 1. The van der Waals surface area contributed by atoms with Crippen molar-refractivity contribution < 1.29 is 23.9 Å². The van der Waals surface area contributed by atoms with Gasteiger partial charge >= 0.3 is 12.0 Å². The second-order valence-electron chi connectivity index (χ2n) is 10.4. The summed E-state index contributed by atoms with van der Waals surface area (Å²) < 4.78 is 5.34. The van der Waals surface area contributed by atoms with E-state index in [-0.39, 0.29) is 11.9 Å². The molecule has 0 unspecified atom stereocenters. The van der Waals surface area contributed by atoms with Gasteiger partial charge in [0.25, 0.3) is 11.8 Å². The molecule has 1 spiro atoms. The van der Waals surface area contributed by atoms with E-state index in [4.69, 9.17) is 4.74 Å². The topological polar surface area (TPSA) is 105 Å². The van der Waals surface area contributed by atoms with Crippen molar-refractivity contribution in [3.63, 3.8) is 0 Å². The lowest BCUT2D eigenvalue weighted by molar-refractivity contribution is -0.165. The molecule has 1 heterocycles. The molecule has 6 aliphatic rings. The Hall–Kier alpha value is -2.12. The first-order valence-corrected chi connectivity index (χ1v) is 11.5. The van der Waals surface area contributed by atoms with E-state index in [0.717, 1.165) is 55.4 Å². The largest absolute Gasteiger partial charge is 0.455 e. The number of nitrogens with one attached hydrogen (secondary N) is 2. The smallest absolute Gasteiger partial charge is 0.344 e. The van der Waals surface area contributed by atoms with E-state index in [2.05, 4.69) is 17.7 Å². The average Bonchev–Trinajstić information content (AvgIpc) is 2.92. The SMILES string of the molecule is CC1CCC2(CC1)NC(=O)N(NC(=O)COC(=O)C1C3CC4CC(C3)CC1C4)C2=O. The first-order valence-electron chi connectivity index (χ1n) is 11.5. The number of rotatable bonds is 4. The lowest BCUT2D eigenvalue weighted by Crippen LogP contribution is -2.52. The minimum Gasteiger partial charge on any atom is -0.455 e. The summed E-state index contributed by atoms with van der Waals surface area (Å²) in [5, 5.41) is 3.52. The molecule has 5 aliphatic carbocycles. The van der Waals surface area contributed by atoms with Gasteiger partial charge in [0.1, 0.15) is 5.54 Å². The van der Waals surface area contributed by atoms with Crippen molar-refractivity contribution >= 4 is 23.8 Å². The summed E-state index contributed by atoms with van der Waals surface area (Å²) in [7, 11) is 0. The molecular formula is C22H31N3O5. The lowest BCUT2D eigenvalue weighted by Gasteiger charge is -2.53. The highest BCUT2D eigenvalue weighted by Crippen LogP contribution is 2.56. The highest BCUT2D eigenvalue weighted by Gasteiger charge is 2.53.